The first-order chi connectivity index (χ1) is 12.7. The molecule has 0 saturated carbocycles. The summed E-state index contributed by atoms with van der Waals surface area (Å²) in [6.45, 7) is 0.308. The van der Waals surface area contributed by atoms with Gasteiger partial charge in [-0.3, -0.25) is 4.79 Å². The van der Waals surface area contributed by atoms with Gasteiger partial charge in [0.1, 0.15) is 17.2 Å². The average molecular weight is 367 g/mol. The van der Waals surface area contributed by atoms with Crippen LogP contribution in [0.2, 0.25) is 5.02 Å². The number of carbonyl (C=O) groups excluding carboxylic acids is 1. The van der Waals surface area contributed by atoms with Gasteiger partial charge in [0.05, 0.1) is 13.0 Å². The van der Waals surface area contributed by atoms with Crippen LogP contribution in [0.25, 0.3) is 22.3 Å². The molecule has 0 fully saturated rings. The number of furan rings is 1. The minimum Gasteiger partial charge on any atom is -0.459 e. The minimum absolute atomic E-state index is 0.145. The van der Waals surface area contributed by atoms with Crippen LogP contribution in [0, 0.1) is 0 Å². The number of amides is 1. The highest BCUT2D eigenvalue weighted by Gasteiger charge is 2.12. The number of hydrogen-bond donors (Lipinski definition) is 1. The van der Waals surface area contributed by atoms with E-state index < -0.39 is 0 Å². The zero-order valence-corrected chi connectivity index (χ0v) is 14.5. The fourth-order valence-corrected chi connectivity index (χ4v) is 2.83. The summed E-state index contributed by atoms with van der Waals surface area (Å²) in [6, 6.07) is 18.6. The molecule has 4 aromatic rings. The van der Waals surface area contributed by atoms with Crippen LogP contribution in [-0.2, 0) is 17.8 Å². The van der Waals surface area contributed by atoms with Crippen molar-refractivity contribution in [3.05, 3.63) is 77.1 Å². The Hall–Kier alpha value is -3.05. The number of nitrogens with zero attached hydrogens (tertiary/aromatic N) is 1. The van der Waals surface area contributed by atoms with Crippen molar-refractivity contribution in [3.8, 4) is 11.3 Å². The molecule has 5 nitrogen and oxygen atoms in total. The van der Waals surface area contributed by atoms with Gasteiger partial charge in [0.2, 0.25) is 5.91 Å². The van der Waals surface area contributed by atoms with Crippen LogP contribution in [0.4, 0.5) is 0 Å². The molecule has 6 heteroatoms. The second-order valence-corrected chi connectivity index (χ2v) is 6.29. The first-order valence-corrected chi connectivity index (χ1v) is 8.51. The summed E-state index contributed by atoms with van der Waals surface area (Å²) < 4.78 is 11.0. The SMILES string of the molecule is O=C(Cc1noc2ccccc12)NCc1ccc(-c2ccc(Cl)cc2)o1. The first-order valence-electron chi connectivity index (χ1n) is 8.14. The van der Waals surface area contributed by atoms with Gasteiger partial charge >= 0.3 is 0 Å². The number of aromatic nitrogens is 1. The van der Waals surface area contributed by atoms with Crippen LogP contribution in [0.5, 0.6) is 0 Å². The second kappa shape index (κ2) is 7.06. The van der Waals surface area contributed by atoms with E-state index in [0.717, 1.165) is 16.7 Å². The highest BCUT2D eigenvalue weighted by Crippen LogP contribution is 2.24. The summed E-state index contributed by atoms with van der Waals surface area (Å²) in [5.41, 5.74) is 2.23. The fraction of sp³-hybridized carbons (Fsp3) is 0.100. The van der Waals surface area contributed by atoms with Crippen LogP contribution >= 0.6 is 11.6 Å². The van der Waals surface area contributed by atoms with Gasteiger partial charge in [-0.05, 0) is 48.5 Å². The van der Waals surface area contributed by atoms with E-state index in [9.17, 15) is 4.79 Å². The van der Waals surface area contributed by atoms with Crippen molar-refractivity contribution >= 4 is 28.5 Å². The number of para-hydroxylation sites is 1. The number of benzene rings is 2. The number of nitrogens with one attached hydrogen (secondary N) is 1. The summed E-state index contributed by atoms with van der Waals surface area (Å²) in [5.74, 6) is 1.26. The molecule has 0 spiro atoms. The third-order valence-electron chi connectivity index (χ3n) is 4.03. The lowest BCUT2D eigenvalue weighted by atomic mass is 10.1. The summed E-state index contributed by atoms with van der Waals surface area (Å²) in [6.07, 6.45) is 0.155. The van der Waals surface area contributed by atoms with E-state index >= 15 is 0 Å². The Kier molecular flexibility index (Phi) is 4.46. The van der Waals surface area contributed by atoms with Crippen LogP contribution in [0.3, 0.4) is 0 Å². The number of hydrogen-bond acceptors (Lipinski definition) is 4. The van der Waals surface area contributed by atoms with Crippen LogP contribution < -0.4 is 5.32 Å². The largest absolute Gasteiger partial charge is 0.459 e. The Morgan fingerprint density at radius 3 is 2.69 bits per heavy atom. The molecule has 0 saturated heterocycles. The Morgan fingerprint density at radius 2 is 1.85 bits per heavy atom. The van der Waals surface area contributed by atoms with E-state index in [2.05, 4.69) is 10.5 Å². The van der Waals surface area contributed by atoms with Crippen LogP contribution in [0.1, 0.15) is 11.5 Å². The highest BCUT2D eigenvalue weighted by molar-refractivity contribution is 6.30. The zero-order valence-electron chi connectivity index (χ0n) is 13.7. The quantitative estimate of drug-likeness (QED) is 0.560. The van der Waals surface area contributed by atoms with Gasteiger partial charge in [-0.15, -0.1) is 0 Å². The maximum absolute atomic E-state index is 12.2. The van der Waals surface area contributed by atoms with Gasteiger partial charge < -0.3 is 14.3 Å². The Bertz CT molecular complexity index is 1050. The predicted octanol–water partition coefficient (Wildman–Crippen LogP) is 4.60. The molecule has 2 aromatic heterocycles. The molecule has 2 aromatic carbocycles. The Labute approximate surface area is 154 Å². The maximum atomic E-state index is 12.2. The lowest BCUT2D eigenvalue weighted by molar-refractivity contribution is -0.120. The summed E-state index contributed by atoms with van der Waals surface area (Å²) in [7, 11) is 0. The number of fused-ring (bicyclic) bond motifs is 1. The van der Waals surface area contributed by atoms with Gasteiger partial charge in [-0.1, -0.05) is 28.9 Å². The maximum Gasteiger partial charge on any atom is 0.226 e. The van der Waals surface area contributed by atoms with Crippen molar-refractivity contribution in [1.29, 1.82) is 0 Å². The van der Waals surface area contributed by atoms with Crippen molar-refractivity contribution in [1.82, 2.24) is 10.5 Å². The molecule has 1 amide bonds. The summed E-state index contributed by atoms with van der Waals surface area (Å²) in [4.78, 5) is 12.2. The van der Waals surface area contributed by atoms with Crippen molar-refractivity contribution in [2.45, 2.75) is 13.0 Å². The molecule has 0 aliphatic heterocycles. The minimum atomic E-state index is -0.145. The van der Waals surface area contributed by atoms with E-state index in [1.54, 1.807) is 0 Å². The van der Waals surface area contributed by atoms with Crippen LogP contribution in [-0.4, -0.2) is 11.1 Å². The molecule has 130 valence electrons. The van der Waals surface area contributed by atoms with E-state index in [0.29, 0.717) is 28.6 Å². The second-order valence-electron chi connectivity index (χ2n) is 5.85. The predicted molar refractivity (Wildman–Crippen MR) is 98.7 cm³/mol. The highest BCUT2D eigenvalue weighted by atomic mass is 35.5. The molecule has 4 rings (SSSR count). The molecule has 0 radical (unpaired) electrons. The molecule has 0 unspecified atom stereocenters. The normalized spacial score (nSPS) is 11.0. The lowest BCUT2D eigenvalue weighted by Gasteiger charge is -2.02. The monoisotopic (exact) mass is 366 g/mol. The van der Waals surface area contributed by atoms with E-state index in [-0.39, 0.29) is 12.3 Å². The van der Waals surface area contributed by atoms with Gasteiger partial charge in [0.25, 0.3) is 0 Å². The Morgan fingerprint density at radius 1 is 1.04 bits per heavy atom. The van der Waals surface area contributed by atoms with Crippen molar-refractivity contribution in [3.63, 3.8) is 0 Å². The van der Waals surface area contributed by atoms with Gasteiger partial charge in [-0.2, -0.15) is 0 Å². The molecule has 1 N–H and O–H groups in total. The zero-order chi connectivity index (χ0) is 17.9. The standard InChI is InChI=1S/C20H15ClN2O3/c21-14-7-5-13(6-8-14)18-10-9-15(25-18)12-22-20(24)11-17-16-3-1-2-4-19(16)26-23-17/h1-10H,11-12H2,(H,22,24). The average Bonchev–Trinajstić information content (AvgIpc) is 3.28. The first kappa shape index (κ1) is 16.4. The van der Waals surface area contributed by atoms with Crippen molar-refractivity contribution in [2.24, 2.45) is 0 Å². The number of rotatable bonds is 5. The number of halogens is 1. The van der Waals surface area contributed by atoms with Crippen molar-refractivity contribution in [2.75, 3.05) is 0 Å². The van der Waals surface area contributed by atoms with Gasteiger partial charge in [0, 0.05) is 16.0 Å². The third kappa shape index (κ3) is 3.48. The third-order valence-corrected chi connectivity index (χ3v) is 4.28. The van der Waals surface area contributed by atoms with E-state index in [1.807, 2.05) is 60.7 Å². The molecule has 2 heterocycles. The molecule has 0 aliphatic carbocycles. The molecule has 0 atom stereocenters. The molecular formula is C20H15ClN2O3. The van der Waals surface area contributed by atoms with Gasteiger partial charge in [0.15, 0.2) is 5.58 Å². The topological polar surface area (TPSA) is 68.3 Å². The Balaban J connectivity index is 1.38. The van der Waals surface area contributed by atoms with Crippen molar-refractivity contribution < 1.29 is 13.7 Å². The van der Waals surface area contributed by atoms with E-state index in [4.69, 9.17) is 20.5 Å². The van der Waals surface area contributed by atoms with Crippen LogP contribution in [0.15, 0.2) is 69.6 Å². The summed E-state index contributed by atoms with van der Waals surface area (Å²) in [5, 5.41) is 8.34. The fourth-order valence-electron chi connectivity index (χ4n) is 2.71. The molecule has 0 bridgehead atoms. The molecule has 0 aliphatic rings. The smallest absolute Gasteiger partial charge is 0.226 e. The molecular weight excluding hydrogens is 352 g/mol. The van der Waals surface area contributed by atoms with E-state index in [1.165, 1.54) is 0 Å². The van der Waals surface area contributed by atoms with Gasteiger partial charge in [-0.25, -0.2) is 0 Å². The number of carbonyl (C=O) groups is 1. The molecule has 26 heavy (non-hydrogen) atoms. The summed E-state index contributed by atoms with van der Waals surface area (Å²) >= 11 is 5.89. The lowest BCUT2D eigenvalue weighted by Crippen LogP contribution is -2.24.